The lowest BCUT2D eigenvalue weighted by atomic mass is 10.2. The molecular weight excluding hydrogens is 312 g/mol. The van der Waals surface area contributed by atoms with Crippen molar-refractivity contribution in [2.45, 2.75) is 24.3 Å². The summed E-state index contributed by atoms with van der Waals surface area (Å²) in [7, 11) is 0. The lowest BCUT2D eigenvalue weighted by Gasteiger charge is -2.30. The quantitative estimate of drug-likeness (QED) is 0.452. The van der Waals surface area contributed by atoms with E-state index in [2.05, 4.69) is 0 Å². The Morgan fingerprint density at radius 2 is 1.29 bits per heavy atom. The first-order valence-corrected chi connectivity index (χ1v) is 8.32. The van der Waals surface area contributed by atoms with Gasteiger partial charge in [0.15, 0.2) is 0 Å². The van der Waals surface area contributed by atoms with Gasteiger partial charge in [-0.3, -0.25) is 0 Å². The maximum absolute atomic E-state index is 5.96. The highest BCUT2D eigenvalue weighted by Gasteiger charge is 2.39. The summed E-state index contributed by atoms with van der Waals surface area (Å²) in [6.45, 7) is 3.43. The number of ether oxygens (including phenoxy) is 6. The normalized spacial score (nSPS) is 30.2. The van der Waals surface area contributed by atoms with Gasteiger partial charge in [0.1, 0.15) is 18.3 Å². The minimum atomic E-state index is -1.25. The molecule has 0 spiro atoms. The fourth-order valence-electron chi connectivity index (χ4n) is 2.15. The zero-order valence-corrected chi connectivity index (χ0v) is 13.5. The molecule has 3 aliphatic rings. The Bertz CT molecular complexity index is 507. The summed E-state index contributed by atoms with van der Waals surface area (Å²) in [6.07, 6.45) is 4.12. The van der Waals surface area contributed by atoms with E-state index in [0.717, 1.165) is 25.4 Å². The van der Waals surface area contributed by atoms with Crippen LogP contribution in [-0.2, 0) is 28.4 Å². The predicted octanol–water partition coefficient (Wildman–Crippen LogP) is 1.60. The molecule has 0 saturated carbocycles. The molecule has 1 aromatic carbocycles. The van der Waals surface area contributed by atoms with Crippen LogP contribution in [0.25, 0.3) is 6.08 Å². The fourth-order valence-corrected chi connectivity index (χ4v) is 2.15. The average Bonchev–Trinajstić information content (AvgIpc) is 3.49. The average molecular weight is 334 g/mol. The van der Waals surface area contributed by atoms with Gasteiger partial charge in [-0.15, -0.1) is 0 Å². The summed E-state index contributed by atoms with van der Waals surface area (Å²) in [6, 6.07) is 9.97. The smallest absolute Gasteiger partial charge is 0.305 e. The molecule has 3 heterocycles. The van der Waals surface area contributed by atoms with Crippen LogP contribution in [0.2, 0.25) is 0 Å². The van der Waals surface area contributed by atoms with Crippen LogP contribution in [0.4, 0.5) is 0 Å². The van der Waals surface area contributed by atoms with Gasteiger partial charge in [-0.05, 0) is 5.56 Å². The van der Waals surface area contributed by atoms with Gasteiger partial charge in [-0.2, -0.15) is 0 Å². The second-order valence-electron chi connectivity index (χ2n) is 6.15. The van der Waals surface area contributed by atoms with E-state index in [1.165, 1.54) is 0 Å². The predicted molar refractivity (Wildman–Crippen MR) is 85.3 cm³/mol. The highest BCUT2D eigenvalue weighted by Crippen LogP contribution is 2.26. The van der Waals surface area contributed by atoms with Crippen LogP contribution in [0.1, 0.15) is 5.56 Å². The summed E-state index contributed by atoms with van der Waals surface area (Å²) in [5.74, 6) is -1.25. The molecule has 6 nitrogen and oxygen atoms in total. The van der Waals surface area contributed by atoms with E-state index in [4.69, 9.17) is 28.4 Å². The Hall–Kier alpha value is -1.28. The molecule has 0 bridgehead atoms. The van der Waals surface area contributed by atoms with Gasteiger partial charge in [0.05, 0.1) is 39.6 Å². The molecule has 24 heavy (non-hydrogen) atoms. The lowest BCUT2D eigenvalue weighted by Crippen LogP contribution is -2.40. The van der Waals surface area contributed by atoms with Gasteiger partial charge in [0.2, 0.25) is 0 Å². The van der Waals surface area contributed by atoms with Crippen LogP contribution in [0.5, 0.6) is 0 Å². The Morgan fingerprint density at radius 1 is 0.833 bits per heavy atom. The summed E-state index contributed by atoms with van der Waals surface area (Å²) in [4.78, 5) is 0. The molecule has 0 amide bonds. The number of rotatable bonds is 11. The van der Waals surface area contributed by atoms with E-state index in [1.807, 2.05) is 42.5 Å². The van der Waals surface area contributed by atoms with Crippen LogP contribution in [-0.4, -0.2) is 63.9 Å². The second kappa shape index (κ2) is 7.31. The van der Waals surface area contributed by atoms with Crippen LogP contribution >= 0.6 is 0 Å². The van der Waals surface area contributed by atoms with E-state index in [9.17, 15) is 0 Å². The summed E-state index contributed by atoms with van der Waals surface area (Å²) < 4.78 is 33.6. The van der Waals surface area contributed by atoms with Gasteiger partial charge in [-0.1, -0.05) is 36.4 Å². The van der Waals surface area contributed by atoms with E-state index >= 15 is 0 Å². The monoisotopic (exact) mass is 334 g/mol. The van der Waals surface area contributed by atoms with Gasteiger partial charge < -0.3 is 28.4 Å². The van der Waals surface area contributed by atoms with E-state index in [0.29, 0.717) is 19.8 Å². The lowest BCUT2D eigenvalue weighted by molar-refractivity contribution is -0.352. The first-order valence-electron chi connectivity index (χ1n) is 8.32. The fraction of sp³-hybridized carbons (Fsp3) is 0.556. The summed E-state index contributed by atoms with van der Waals surface area (Å²) in [5, 5.41) is 0. The van der Waals surface area contributed by atoms with Gasteiger partial charge in [-0.25, -0.2) is 0 Å². The molecule has 3 atom stereocenters. The molecule has 0 N–H and O–H groups in total. The van der Waals surface area contributed by atoms with Crippen LogP contribution in [0, 0.1) is 0 Å². The largest absolute Gasteiger partial charge is 0.371 e. The molecule has 0 aliphatic carbocycles. The van der Waals surface area contributed by atoms with Crippen molar-refractivity contribution in [1.82, 2.24) is 0 Å². The highest BCUT2D eigenvalue weighted by molar-refractivity contribution is 5.49. The van der Waals surface area contributed by atoms with Crippen molar-refractivity contribution in [2.75, 3.05) is 39.6 Å². The molecule has 3 aliphatic heterocycles. The van der Waals surface area contributed by atoms with E-state index in [1.54, 1.807) is 0 Å². The molecule has 1 aromatic rings. The molecule has 4 rings (SSSR count). The minimum Gasteiger partial charge on any atom is -0.371 e. The highest BCUT2D eigenvalue weighted by atomic mass is 16.9. The molecule has 0 aromatic heterocycles. The minimum absolute atomic E-state index is 0.121. The second-order valence-corrected chi connectivity index (χ2v) is 6.15. The molecule has 3 fully saturated rings. The standard InChI is InChI=1S/C18H22O6/c1-2-4-14(5-3-1)6-7-18(22-11-15-8-19-15,23-12-16-9-20-16)24-13-17-10-21-17/h1-7,15-17H,8-13H2. The van der Waals surface area contributed by atoms with Crippen LogP contribution < -0.4 is 0 Å². The number of hydrogen-bond donors (Lipinski definition) is 0. The topological polar surface area (TPSA) is 65.3 Å². The maximum atomic E-state index is 5.96. The number of benzene rings is 1. The third-order valence-corrected chi connectivity index (χ3v) is 3.90. The van der Waals surface area contributed by atoms with Crippen molar-refractivity contribution in [1.29, 1.82) is 0 Å². The molecule has 130 valence electrons. The Kier molecular flexibility index (Phi) is 4.93. The molecule has 6 heteroatoms. The molecule has 3 saturated heterocycles. The SMILES string of the molecule is C(=CC(OCC1CO1)(OCC1CO1)OCC1CO1)c1ccccc1. The van der Waals surface area contributed by atoms with E-state index < -0.39 is 5.97 Å². The zero-order valence-electron chi connectivity index (χ0n) is 13.5. The maximum Gasteiger partial charge on any atom is 0.305 e. The van der Waals surface area contributed by atoms with Gasteiger partial charge in [0.25, 0.3) is 0 Å². The first kappa shape index (κ1) is 16.2. The van der Waals surface area contributed by atoms with Crippen molar-refractivity contribution in [3.05, 3.63) is 42.0 Å². The van der Waals surface area contributed by atoms with Gasteiger partial charge in [0, 0.05) is 6.08 Å². The number of hydrogen-bond acceptors (Lipinski definition) is 6. The van der Waals surface area contributed by atoms with Gasteiger partial charge >= 0.3 is 5.97 Å². The summed E-state index contributed by atoms with van der Waals surface area (Å²) in [5.41, 5.74) is 1.05. The molecular formula is C18H22O6. The third-order valence-electron chi connectivity index (χ3n) is 3.90. The summed E-state index contributed by atoms with van der Waals surface area (Å²) >= 11 is 0. The number of epoxide rings is 3. The van der Waals surface area contributed by atoms with E-state index in [-0.39, 0.29) is 18.3 Å². The van der Waals surface area contributed by atoms with Crippen LogP contribution in [0.15, 0.2) is 36.4 Å². The van der Waals surface area contributed by atoms with Crippen molar-refractivity contribution in [3.8, 4) is 0 Å². The Labute approximate surface area is 141 Å². The first-order chi connectivity index (χ1) is 11.8. The van der Waals surface area contributed by atoms with Crippen molar-refractivity contribution < 1.29 is 28.4 Å². The Morgan fingerprint density at radius 3 is 1.71 bits per heavy atom. The zero-order chi connectivity index (χ0) is 16.2. The molecule has 3 unspecified atom stereocenters. The van der Waals surface area contributed by atoms with Crippen molar-refractivity contribution in [2.24, 2.45) is 0 Å². The Balaban J connectivity index is 1.46. The van der Waals surface area contributed by atoms with Crippen LogP contribution in [0.3, 0.4) is 0 Å². The molecule has 0 radical (unpaired) electrons. The third kappa shape index (κ3) is 5.11. The van der Waals surface area contributed by atoms with Crippen molar-refractivity contribution >= 4 is 6.08 Å². The van der Waals surface area contributed by atoms with Crippen molar-refractivity contribution in [3.63, 3.8) is 0 Å².